The highest BCUT2D eigenvalue weighted by Gasteiger charge is 2.44. The number of ether oxygens (including phenoxy) is 2. The van der Waals surface area contributed by atoms with E-state index in [1.807, 2.05) is 0 Å². The smallest absolute Gasteiger partial charge is 0.461 e. The van der Waals surface area contributed by atoms with Crippen LogP contribution in [0.2, 0.25) is 0 Å². The number of aromatic amines is 1. The largest absolute Gasteiger partial charge is 0.472 e. The molecule has 3 rings (SSSR count). The molecule has 15 heteroatoms. The SMILES string of the molecule is Cc1cn([C@H]2C[C@H](O)[C@@H](C(Oc3ccc([N+](=O)[O-])cc3)OP(=O)(O)O)O2)c(=O)[nH]c1=O. The number of nitrogens with one attached hydrogen (secondary N) is 1. The lowest BCUT2D eigenvalue weighted by Crippen LogP contribution is -2.40. The summed E-state index contributed by atoms with van der Waals surface area (Å²) in [6.45, 7) is 1.45. The van der Waals surface area contributed by atoms with Crippen molar-refractivity contribution in [2.45, 2.75) is 38.1 Å². The molecule has 1 aromatic carbocycles. The van der Waals surface area contributed by atoms with Gasteiger partial charge >= 0.3 is 13.5 Å². The summed E-state index contributed by atoms with van der Waals surface area (Å²) < 4.78 is 28.0. The number of H-pyrrole nitrogens is 1. The van der Waals surface area contributed by atoms with Gasteiger partial charge in [0.1, 0.15) is 18.1 Å². The third-order valence-electron chi connectivity index (χ3n) is 4.40. The predicted octanol–water partition coefficient (Wildman–Crippen LogP) is -0.0840. The number of benzene rings is 1. The molecule has 0 bridgehead atoms. The molecule has 1 unspecified atom stereocenters. The highest BCUT2D eigenvalue weighted by Crippen LogP contribution is 2.42. The Balaban J connectivity index is 1.86. The lowest BCUT2D eigenvalue weighted by molar-refractivity contribution is -0.384. The Bertz CT molecular complexity index is 1120. The van der Waals surface area contributed by atoms with Gasteiger partial charge in [0.2, 0.25) is 6.29 Å². The van der Waals surface area contributed by atoms with Crippen LogP contribution in [0.4, 0.5) is 5.69 Å². The Hall–Kier alpha value is -2.87. The molecule has 1 aliphatic heterocycles. The van der Waals surface area contributed by atoms with Gasteiger partial charge in [0.05, 0.1) is 11.0 Å². The molecule has 168 valence electrons. The molecular weight excluding hydrogens is 441 g/mol. The number of hydrogen-bond acceptors (Lipinski definition) is 9. The van der Waals surface area contributed by atoms with Crippen molar-refractivity contribution in [1.29, 1.82) is 0 Å². The number of hydrogen-bond donors (Lipinski definition) is 4. The lowest BCUT2D eigenvalue weighted by Gasteiger charge is -2.26. The summed E-state index contributed by atoms with van der Waals surface area (Å²) in [6, 6.07) is 4.54. The van der Waals surface area contributed by atoms with E-state index in [0.29, 0.717) is 0 Å². The zero-order chi connectivity index (χ0) is 22.9. The summed E-state index contributed by atoms with van der Waals surface area (Å²) in [6.07, 6.45) is -4.71. The van der Waals surface area contributed by atoms with Gasteiger partial charge in [-0.05, 0) is 19.1 Å². The number of aryl methyl sites for hydroxylation is 1. The van der Waals surface area contributed by atoms with E-state index < -0.39 is 48.7 Å². The number of aliphatic hydroxyl groups is 1. The van der Waals surface area contributed by atoms with E-state index in [9.17, 15) is 39.2 Å². The number of nitro groups is 1. The molecule has 0 radical (unpaired) electrons. The molecule has 0 spiro atoms. The molecule has 1 aromatic heterocycles. The van der Waals surface area contributed by atoms with Crippen molar-refractivity contribution in [1.82, 2.24) is 9.55 Å². The summed E-state index contributed by atoms with van der Waals surface area (Å²) >= 11 is 0. The molecular formula is C16H18N3O11P. The monoisotopic (exact) mass is 459 g/mol. The first kappa shape index (κ1) is 22.8. The number of non-ortho nitro benzene ring substituents is 1. The fourth-order valence-corrected chi connectivity index (χ4v) is 3.39. The number of rotatable bonds is 7. The first-order valence-corrected chi connectivity index (χ1v) is 10.3. The van der Waals surface area contributed by atoms with E-state index >= 15 is 0 Å². The van der Waals surface area contributed by atoms with Gasteiger partial charge in [-0.15, -0.1) is 0 Å². The van der Waals surface area contributed by atoms with Crippen LogP contribution in [-0.4, -0.2) is 47.9 Å². The Morgan fingerprint density at radius 3 is 2.55 bits per heavy atom. The summed E-state index contributed by atoms with van der Waals surface area (Å²) in [7, 11) is -5.12. The number of aliphatic hydroxyl groups excluding tert-OH is 1. The van der Waals surface area contributed by atoms with Gasteiger partial charge in [-0.2, -0.15) is 0 Å². The van der Waals surface area contributed by atoms with Crippen molar-refractivity contribution in [3.8, 4) is 5.75 Å². The van der Waals surface area contributed by atoms with Crippen LogP contribution in [0.1, 0.15) is 18.2 Å². The first-order chi connectivity index (χ1) is 14.4. The van der Waals surface area contributed by atoms with E-state index in [-0.39, 0.29) is 23.4 Å². The molecule has 4 N–H and O–H groups in total. The molecule has 2 aromatic rings. The second-order valence-corrected chi connectivity index (χ2v) is 7.86. The van der Waals surface area contributed by atoms with Crippen molar-refractivity contribution >= 4 is 13.5 Å². The van der Waals surface area contributed by atoms with Gasteiger partial charge in [0.15, 0.2) is 0 Å². The maximum atomic E-state index is 12.1. The van der Waals surface area contributed by atoms with Crippen LogP contribution in [0.25, 0.3) is 0 Å². The van der Waals surface area contributed by atoms with Gasteiger partial charge in [-0.1, -0.05) is 0 Å². The van der Waals surface area contributed by atoms with Crippen molar-refractivity contribution < 1.29 is 38.4 Å². The van der Waals surface area contributed by atoms with Gasteiger partial charge in [-0.3, -0.25) is 24.5 Å². The van der Waals surface area contributed by atoms with E-state index in [1.54, 1.807) is 0 Å². The van der Waals surface area contributed by atoms with Crippen LogP contribution in [0.15, 0.2) is 40.1 Å². The average molecular weight is 459 g/mol. The quantitative estimate of drug-likeness (QED) is 0.186. The highest BCUT2D eigenvalue weighted by molar-refractivity contribution is 7.46. The molecule has 1 fully saturated rings. The number of phosphoric acid groups is 1. The third-order valence-corrected chi connectivity index (χ3v) is 4.88. The first-order valence-electron chi connectivity index (χ1n) is 8.75. The number of nitrogens with zero attached hydrogens (tertiary/aromatic N) is 2. The maximum absolute atomic E-state index is 12.1. The van der Waals surface area contributed by atoms with Crippen LogP contribution in [-0.2, 0) is 13.8 Å². The highest BCUT2D eigenvalue weighted by atomic mass is 31.2. The normalized spacial score (nSPS) is 22.3. The van der Waals surface area contributed by atoms with Crippen LogP contribution >= 0.6 is 7.82 Å². The van der Waals surface area contributed by atoms with Crippen LogP contribution in [0.3, 0.4) is 0 Å². The zero-order valence-electron chi connectivity index (χ0n) is 15.9. The van der Waals surface area contributed by atoms with Crippen LogP contribution in [0.5, 0.6) is 5.75 Å². The number of phosphoric ester groups is 1. The molecule has 14 nitrogen and oxygen atoms in total. The Kier molecular flexibility index (Phi) is 6.40. The van der Waals surface area contributed by atoms with Crippen LogP contribution in [0, 0.1) is 17.0 Å². The second-order valence-electron chi connectivity index (χ2n) is 6.67. The topological polar surface area (TPSA) is 203 Å². The fourth-order valence-electron chi connectivity index (χ4n) is 2.96. The fraction of sp³-hybridized carbons (Fsp3) is 0.375. The third kappa shape index (κ3) is 5.44. The summed E-state index contributed by atoms with van der Waals surface area (Å²) in [4.78, 5) is 54.2. The summed E-state index contributed by atoms with van der Waals surface area (Å²) in [5, 5.41) is 21.1. The zero-order valence-corrected chi connectivity index (χ0v) is 16.7. The van der Waals surface area contributed by atoms with Crippen molar-refractivity contribution in [2.75, 3.05) is 0 Å². The van der Waals surface area contributed by atoms with Gasteiger partial charge in [-0.25, -0.2) is 13.9 Å². The lowest BCUT2D eigenvalue weighted by atomic mass is 10.1. The van der Waals surface area contributed by atoms with Crippen molar-refractivity contribution in [3.05, 3.63) is 67.0 Å². The number of nitro benzene ring substituents is 1. The number of aromatic nitrogens is 2. The maximum Gasteiger partial charge on any atom is 0.472 e. The molecule has 0 aliphatic carbocycles. The Morgan fingerprint density at radius 2 is 1.97 bits per heavy atom. The average Bonchev–Trinajstić information content (AvgIpc) is 3.05. The van der Waals surface area contributed by atoms with Gasteiger partial charge < -0.3 is 24.4 Å². The second kappa shape index (κ2) is 8.70. The predicted molar refractivity (Wildman–Crippen MR) is 101 cm³/mol. The molecule has 0 saturated carbocycles. The molecule has 4 atom stereocenters. The van der Waals surface area contributed by atoms with E-state index in [4.69, 9.17) is 9.47 Å². The molecule has 0 amide bonds. The van der Waals surface area contributed by atoms with Crippen LogP contribution < -0.4 is 16.0 Å². The van der Waals surface area contributed by atoms with E-state index in [1.165, 1.54) is 25.3 Å². The molecule has 1 saturated heterocycles. The minimum absolute atomic E-state index is 0.0552. The standard InChI is InChI=1S/C16H18N3O11P/c1-8-7-18(16(22)17-14(8)21)12-6-11(20)13(29-12)15(30-31(25,26)27)28-10-4-2-9(3-5-10)19(23)24/h2-5,7,11-13,15,20H,6H2,1H3,(H,17,21,22)(H2,25,26,27)/t11-,12+,13-,15?/m0/s1. The van der Waals surface area contributed by atoms with Crippen molar-refractivity contribution in [2.24, 2.45) is 0 Å². The van der Waals surface area contributed by atoms with Gasteiger partial charge in [0.25, 0.3) is 11.2 Å². The molecule has 1 aliphatic rings. The summed E-state index contributed by atoms with van der Waals surface area (Å²) in [5.41, 5.74) is -1.45. The van der Waals surface area contributed by atoms with Crippen molar-refractivity contribution in [3.63, 3.8) is 0 Å². The molecule has 2 heterocycles. The molecule has 31 heavy (non-hydrogen) atoms. The summed E-state index contributed by atoms with van der Waals surface area (Å²) in [5.74, 6) is -0.0552. The van der Waals surface area contributed by atoms with E-state index in [2.05, 4.69) is 9.51 Å². The van der Waals surface area contributed by atoms with Gasteiger partial charge in [0, 0.05) is 30.3 Å². The minimum Gasteiger partial charge on any atom is -0.461 e. The Labute approximate surface area is 173 Å². The van der Waals surface area contributed by atoms with E-state index in [0.717, 1.165) is 16.7 Å². The Morgan fingerprint density at radius 1 is 1.32 bits per heavy atom. The minimum atomic E-state index is -5.12.